The van der Waals surface area contributed by atoms with Gasteiger partial charge in [-0.1, -0.05) is 60.7 Å². The van der Waals surface area contributed by atoms with Crippen molar-refractivity contribution in [3.63, 3.8) is 0 Å². The van der Waals surface area contributed by atoms with Crippen LogP contribution in [0.2, 0.25) is 0 Å². The number of amides is 2. The van der Waals surface area contributed by atoms with E-state index in [4.69, 9.17) is 10.5 Å². The van der Waals surface area contributed by atoms with E-state index in [0.29, 0.717) is 0 Å². The third kappa shape index (κ3) is 4.93. The number of nitrogens with two attached hydrogens (primary N) is 1. The zero-order valence-corrected chi connectivity index (χ0v) is 12.9. The number of benzene rings is 2. The van der Waals surface area contributed by atoms with Crippen molar-refractivity contribution in [3.05, 3.63) is 71.8 Å². The van der Waals surface area contributed by atoms with Gasteiger partial charge in [-0.3, -0.25) is 9.59 Å². The van der Waals surface area contributed by atoms with Crippen LogP contribution >= 0.6 is 0 Å². The van der Waals surface area contributed by atoms with Crippen LogP contribution in [0.3, 0.4) is 0 Å². The molecule has 1 atom stereocenters. The van der Waals surface area contributed by atoms with Crippen LogP contribution in [0.15, 0.2) is 60.7 Å². The fourth-order valence-corrected chi connectivity index (χ4v) is 2.15. The Hall–Kier alpha value is -2.66. The summed E-state index contributed by atoms with van der Waals surface area (Å²) in [4.78, 5) is 22.9. The van der Waals surface area contributed by atoms with Gasteiger partial charge in [-0.2, -0.15) is 0 Å². The molecular weight excluding hydrogens is 292 g/mol. The van der Waals surface area contributed by atoms with Crippen LogP contribution in [-0.2, 0) is 14.3 Å². The van der Waals surface area contributed by atoms with Gasteiger partial charge in [-0.15, -0.1) is 0 Å². The van der Waals surface area contributed by atoms with Gasteiger partial charge >= 0.3 is 0 Å². The Morgan fingerprint density at radius 2 is 1.48 bits per heavy atom. The summed E-state index contributed by atoms with van der Waals surface area (Å²) < 4.78 is 5.79. The first-order valence-corrected chi connectivity index (χ1v) is 7.38. The van der Waals surface area contributed by atoms with E-state index in [-0.39, 0.29) is 18.6 Å². The molecule has 0 aliphatic rings. The molecule has 0 aromatic heterocycles. The van der Waals surface area contributed by atoms with Crippen LogP contribution in [0, 0.1) is 0 Å². The molecule has 2 amide bonds. The second-order valence-electron chi connectivity index (χ2n) is 5.20. The van der Waals surface area contributed by atoms with E-state index in [1.165, 1.54) is 6.92 Å². The minimum atomic E-state index is -0.724. The molecule has 0 saturated carbocycles. The minimum Gasteiger partial charge on any atom is -0.368 e. The predicted molar refractivity (Wildman–Crippen MR) is 87.5 cm³/mol. The maximum Gasteiger partial charge on any atom is 0.246 e. The quantitative estimate of drug-likeness (QED) is 0.817. The molecule has 5 nitrogen and oxygen atoms in total. The number of hydrogen-bond acceptors (Lipinski definition) is 3. The summed E-state index contributed by atoms with van der Waals surface area (Å²) >= 11 is 0. The topological polar surface area (TPSA) is 81.4 Å². The summed E-state index contributed by atoms with van der Waals surface area (Å²) in [5.41, 5.74) is 7.03. The fourth-order valence-electron chi connectivity index (χ4n) is 2.15. The molecule has 0 unspecified atom stereocenters. The van der Waals surface area contributed by atoms with E-state index in [9.17, 15) is 9.59 Å². The van der Waals surface area contributed by atoms with Gasteiger partial charge in [0.2, 0.25) is 11.8 Å². The lowest BCUT2D eigenvalue weighted by Gasteiger charge is -2.19. The number of nitrogens with one attached hydrogen (secondary N) is 1. The highest BCUT2D eigenvalue weighted by molar-refractivity contribution is 5.86. The second kappa shape index (κ2) is 8.10. The lowest BCUT2D eigenvalue weighted by atomic mass is 10.0. The molecule has 0 heterocycles. The van der Waals surface area contributed by atoms with Gasteiger partial charge in [-0.25, -0.2) is 0 Å². The van der Waals surface area contributed by atoms with Crippen LogP contribution in [0.5, 0.6) is 0 Å². The van der Waals surface area contributed by atoms with Crippen molar-refractivity contribution < 1.29 is 14.3 Å². The molecule has 0 spiro atoms. The van der Waals surface area contributed by atoms with Crippen molar-refractivity contribution in [2.45, 2.75) is 19.1 Å². The zero-order valence-electron chi connectivity index (χ0n) is 12.9. The Labute approximate surface area is 135 Å². The highest BCUT2D eigenvalue weighted by atomic mass is 16.5. The molecule has 23 heavy (non-hydrogen) atoms. The summed E-state index contributed by atoms with van der Waals surface area (Å²) in [6.45, 7) is 1.37. The average molecular weight is 312 g/mol. The first kappa shape index (κ1) is 16.7. The molecular formula is C18H20N2O3. The molecule has 5 heteroatoms. The maximum atomic E-state index is 11.9. The molecule has 0 fully saturated rings. The molecule has 2 rings (SSSR count). The van der Waals surface area contributed by atoms with Gasteiger partial charge in [0, 0.05) is 0 Å². The van der Waals surface area contributed by atoms with Crippen LogP contribution in [0.1, 0.15) is 24.2 Å². The van der Waals surface area contributed by atoms with Crippen molar-refractivity contribution in [1.82, 2.24) is 5.32 Å². The molecule has 120 valence electrons. The number of hydrogen-bond donors (Lipinski definition) is 2. The maximum absolute atomic E-state index is 11.9. The van der Waals surface area contributed by atoms with Crippen LogP contribution in [-0.4, -0.2) is 24.5 Å². The molecule has 0 bridgehead atoms. The zero-order chi connectivity index (χ0) is 16.7. The third-order valence-corrected chi connectivity index (χ3v) is 3.39. The first-order chi connectivity index (χ1) is 11.1. The van der Waals surface area contributed by atoms with Gasteiger partial charge in [0.25, 0.3) is 0 Å². The Morgan fingerprint density at radius 1 is 1.00 bits per heavy atom. The van der Waals surface area contributed by atoms with Crippen molar-refractivity contribution in [1.29, 1.82) is 0 Å². The lowest BCUT2D eigenvalue weighted by Crippen LogP contribution is -2.43. The molecule has 0 radical (unpaired) electrons. The standard InChI is InChI=1S/C18H20N2O3/c1-13(18(19)22)20-16(21)12-23-17(14-8-4-2-5-9-14)15-10-6-3-7-11-15/h2-11,13,17H,12H2,1H3,(H2,19,22)(H,20,21)/t13-/m1/s1. The molecule has 2 aromatic rings. The Kier molecular flexibility index (Phi) is 5.88. The number of ether oxygens (including phenoxy) is 1. The van der Waals surface area contributed by atoms with Gasteiger partial charge < -0.3 is 15.8 Å². The van der Waals surface area contributed by atoms with Crippen molar-refractivity contribution >= 4 is 11.8 Å². The molecule has 0 saturated heterocycles. The van der Waals surface area contributed by atoms with E-state index in [0.717, 1.165) is 11.1 Å². The van der Waals surface area contributed by atoms with E-state index < -0.39 is 11.9 Å². The smallest absolute Gasteiger partial charge is 0.246 e. The van der Waals surface area contributed by atoms with Gasteiger partial charge in [0.15, 0.2) is 0 Å². The summed E-state index contributed by atoms with van der Waals surface area (Å²) in [7, 11) is 0. The number of rotatable bonds is 7. The molecule has 3 N–H and O–H groups in total. The van der Waals surface area contributed by atoms with Crippen LogP contribution in [0.4, 0.5) is 0 Å². The average Bonchev–Trinajstić information content (AvgIpc) is 2.57. The SMILES string of the molecule is C[C@@H](NC(=O)COC(c1ccccc1)c1ccccc1)C(N)=O. The van der Waals surface area contributed by atoms with E-state index >= 15 is 0 Å². The lowest BCUT2D eigenvalue weighted by molar-refractivity contribution is -0.131. The van der Waals surface area contributed by atoms with Crippen molar-refractivity contribution in [2.24, 2.45) is 5.73 Å². The Balaban J connectivity index is 2.07. The molecule has 0 aliphatic heterocycles. The Morgan fingerprint density at radius 3 is 1.91 bits per heavy atom. The number of carbonyl (C=O) groups excluding carboxylic acids is 2. The number of primary amides is 1. The third-order valence-electron chi connectivity index (χ3n) is 3.39. The van der Waals surface area contributed by atoms with Gasteiger partial charge in [0.05, 0.1) is 0 Å². The largest absolute Gasteiger partial charge is 0.368 e. The van der Waals surface area contributed by atoms with Crippen LogP contribution < -0.4 is 11.1 Å². The highest BCUT2D eigenvalue weighted by Crippen LogP contribution is 2.25. The van der Waals surface area contributed by atoms with E-state index in [1.807, 2.05) is 60.7 Å². The second-order valence-corrected chi connectivity index (χ2v) is 5.20. The fraction of sp³-hybridized carbons (Fsp3) is 0.222. The van der Waals surface area contributed by atoms with E-state index in [1.54, 1.807) is 0 Å². The number of carbonyl (C=O) groups is 2. The van der Waals surface area contributed by atoms with Gasteiger partial charge in [-0.05, 0) is 18.1 Å². The molecule has 2 aromatic carbocycles. The van der Waals surface area contributed by atoms with Crippen LogP contribution in [0.25, 0.3) is 0 Å². The predicted octanol–water partition coefficient (Wildman–Crippen LogP) is 1.78. The molecule has 0 aliphatic carbocycles. The van der Waals surface area contributed by atoms with Crippen molar-refractivity contribution in [3.8, 4) is 0 Å². The Bertz CT molecular complexity index is 604. The van der Waals surface area contributed by atoms with Gasteiger partial charge in [0.1, 0.15) is 18.8 Å². The summed E-state index contributed by atoms with van der Waals surface area (Å²) in [5.74, 6) is -0.964. The monoisotopic (exact) mass is 312 g/mol. The summed E-state index contributed by atoms with van der Waals surface area (Å²) in [6.07, 6.45) is -0.355. The minimum absolute atomic E-state index is 0.161. The van der Waals surface area contributed by atoms with Crippen molar-refractivity contribution in [2.75, 3.05) is 6.61 Å². The summed E-state index contributed by atoms with van der Waals surface area (Å²) in [5, 5.41) is 2.50. The highest BCUT2D eigenvalue weighted by Gasteiger charge is 2.17. The summed E-state index contributed by atoms with van der Waals surface area (Å²) in [6, 6.07) is 18.6. The van der Waals surface area contributed by atoms with E-state index in [2.05, 4.69) is 5.32 Å². The first-order valence-electron chi connectivity index (χ1n) is 7.38. The normalized spacial score (nSPS) is 11.9.